The van der Waals surface area contributed by atoms with E-state index in [1.165, 1.54) is 16.8 Å². The molecular weight excluding hydrogens is 196 g/mol. The normalized spacial score (nSPS) is 25.1. The maximum atomic E-state index is 2.40. The topological polar surface area (TPSA) is 6.02 Å². The van der Waals surface area contributed by atoms with Gasteiger partial charge in [0.15, 0.2) is 0 Å². The summed E-state index contributed by atoms with van der Waals surface area (Å²) in [5.74, 6) is 0. The summed E-state index contributed by atoms with van der Waals surface area (Å²) in [6, 6.07) is 19.8. The zero-order valence-corrected chi connectivity index (χ0v) is 8.88. The maximum Gasteiger partial charge on any atom is 0.106 e. The molecular formula is C14H12N2. The summed E-state index contributed by atoms with van der Waals surface area (Å²) in [5.41, 5.74) is 4.19. The number of nitrogens with zero attached hydrogens (tertiary/aromatic N) is 2. The smallest absolute Gasteiger partial charge is 0.106 e. The third-order valence-corrected chi connectivity index (χ3v) is 3.43. The van der Waals surface area contributed by atoms with Crippen LogP contribution in [0.5, 0.6) is 0 Å². The van der Waals surface area contributed by atoms with Gasteiger partial charge in [-0.1, -0.05) is 48.5 Å². The maximum absolute atomic E-state index is 2.40. The summed E-state index contributed by atoms with van der Waals surface area (Å²) in [7, 11) is 0. The van der Waals surface area contributed by atoms with Crippen molar-refractivity contribution in [2.75, 3.05) is 11.7 Å². The number of benzene rings is 2. The Morgan fingerprint density at radius 1 is 0.875 bits per heavy atom. The Bertz CT molecular complexity index is 535. The van der Waals surface area contributed by atoms with E-state index in [-0.39, 0.29) is 0 Å². The molecule has 4 rings (SSSR count). The molecule has 2 atom stereocenters. The van der Waals surface area contributed by atoms with Crippen LogP contribution in [-0.4, -0.2) is 11.7 Å². The van der Waals surface area contributed by atoms with E-state index in [2.05, 4.69) is 64.6 Å². The summed E-state index contributed by atoms with van der Waals surface area (Å²) in [4.78, 5) is 0. The summed E-state index contributed by atoms with van der Waals surface area (Å²) >= 11 is 0. The lowest BCUT2D eigenvalue weighted by molar-refractivity contribution is 0.485. The van der Waals surface area contributed by atoms with Gasteiger partial charge in [-0.05, 0) is 11.6 Å². The molecule has 0 spiro atoms. The van der Waals surface area contributed by atoms with E-state index in [0.29, 0.717) is 6.04 Å². The Morgan fingerprint density at radius 3 is 2.50 bits per heavy atom. The summed E-state index contributed by atoms with van der Waals surface area (Å²) in [6.07, 6.45) is 0. The van der Waals surface area contributed by atoms with Crippen LogP contribution >= 0.6 is 0 Å². The second kappa shape index (κ2) is 2.86. The van der Waals surface area contributed by atoms with Crippen molar-refractivity contribution in [2.24, 2.45) is 0 Å². The summed E-state index contributed by atoms with van der Waals surface area (Å²) < 4.78 is 0. The molecule has 0 amide bonds. The second-order valence-electron chi connectivity index (χ2n) is 4.35. The SMILES string of the molecule is c1ccc(C2c3ccccc3N3C[N@]23)cc1. The van der Waals surface area contributed by atoms with Gasteiger partial charge >= 0.3 is 0 Å². The van der Waals surface area contributed by atoms with Crippen molar-refractivity contribution in [1.82, 2.24) is 5.01 Å². The van der Waals surface area contributed by atoms with Gasteiger partial charge in [0.1, 0.15) is 6.67 Å². The van der Waals surface area contributed by atoms with Gasteiger partial charge in [0.05, 0.1) is 11.7 Å². The molecule has 1 unspecified atom stereocenters. The van der Waals surface area contributed by atoms with E-state index in [4.69, 9.17) is 0 Å². The van der Waals surface area contributed by atoms with E-state index < -0.39 is 0 Å². The molecule has 1 fully saturated rings. The van der Waals surface area contributed by atoms with Crippen LogP contribution in [0, 0.1) is 0 Å². The molecule has 2 nitrogen and oxygen atoms in total. The molecule has 2 aromatic rings. The monoisotopic (exact) mass is 208 g/mol. The lowest BCUT2D eigenvalue weighted by Gasteiger charge is -2.13. The van der Waals surface area contributed by atoms with Crippen molar-refractivity contribution in [1.29, 1.82) is 0 Å². The third-order valence-electron chi connectivity index (χ3n) is 3.43. The van der Waals surface area contributed by atoms with Crippen LogP contribution in [0.15, 0.2) is 54.6 Å². The molecule has 2 aliphatic rings. The minimum Gasteiger partial charge on any atom is -0.287 e. The molecule has 0 aromatic heterocycles. The van der Waals surface area contributed by atoms with Crippen LogP contribution in [0.3, 0.4) is 0 Å². The van der Waals surface area contributed by atoms with Gasteiger partial charge in [0.25, 0.3) is 0 Å². The molecule has 0 aliphatic carbocycles. The van der Waals surface area contributed by atoms with Gasteiger partial charge in [0, 0.05) is 5.56 Å². The zero-order valence-electron chi connectivity index (χ0n) is 8.88. The van der Waals surface area contributed by atoms with Crippen molar-refractivity contribution in [2.45, 2.75) is 6.04 Å². The van der Waals surface area contributed by atoms with Crippen LogP contribution in [0.1, 0.15) is 17.2 Å². The van der Waals surface area contributed by atoms with Gasteiger partial charge in [0.2, 0.25) is 0 Å². The number of hydrogen-bond donors (Lipinski definition) is 0. The number of hydrazine groups is 1. The van der Waals surface area contributed by atoms with Gasteiger partial charge in [-0.3, -0.25) is 5.01 Å². The van der Waals surface area contributed by atoms with Gasteiger partial charge in [-0.15, -0.1) is 0 Å². The molecule has 2 heteroatoms. The number of fused-ring (bicyclic) bond motifs is 3. The standard InChI is InChI=1S/C14H12N2/c1-2-6-11(7-3-1)14-12-8-4-5-9-13(12)15-10-16(14)15/h1-9,14H,10H2/t14?,15?,16-/m1/s1. The van der Waals surface area contributed by atoms with E-state index in [1.807, 2.05) is 0 Å². The first kappa shape index (κ1) is 8.36. The second-order valence-corrected chi connectivity index (χ2v) is 4.35. The van der Waals surface area contributed by atoms with Crippen molar-refractivity contribution in [3.63, 3.8) is 0 Å². The summed E-state index contributed by atoms with van der Waals surface area (Å²) in [6.45, 7) is 1.07. The lowest BCUT2D eigenvalue weighted by atomic mass is 9.98. The quantitative estimate of drug-likeness (QED) is 0.665. The first-order valence-electron chi connectivity index (χ1n) is 5.63. The Kier molecular flexibility index (Phi) is 1.50. The fourth-order valence-corrected chi connectivity index (χ4v) is 2.65. The minimum atomic E-state index is 0.428. The molecule has 2 aliphatic heterocycles. The van der Waals surface area contributed by atoms with Crippen LogP contribution in [0.25, 0.3) is 0 Å². The number of rotatable bonds is 1. The van der Waals surface area contributed by atoms with Crippen LogP contribution in [0.2, 0.25) is 0 Å². The number of para-hydroxylation sites is 1. The van der Waals surface area contributed by atoms with Crippen molar-refractivity contribution >= 4 is 5.69 Å². The predicted octanol–water partition coefficient (Wildman–Crippen LogP) is 2.78. The Morgan fingerprint density at radius 2 is 1.62 bits per heavy atom. The molecule has 1 saturated heterocycles. The first-order valence-corrected chi connectivity index (χ1v) is 5.63. The lowest BCUT2D eigenvalue weighted by Crippen LogP contribution is -2.07. The van der Waals surface area contributed by atoms with E-state index in [1.54, 1.807) is 0 Å². The molecule has 2 heterocycles. The highest BCUT2D eigenvalue weighted by Crippen LogP contribution is 2.49. The zero-order chi connectivity index (χ0) is 10.5. The molecule has 0 N–H and O–H groups in total. The Hall–Kier alpha value is -1.80. The average Bonchev–Trinajstić information content (AvgIpc) is 3.06. The average molecular weight is 208 g/mol. The summed E-state index contributed by atoms with van der Waals surface area (Å²) in [5, 5.41) is 4.74. The number of anilines is 1. The third kappa shape index (κ3) is 0.996. The van der Waals surface area contributed by atoms with Crippen LogP contribution < -0.4 is 5.01 Å². The largest absolute Gasteiger partial charge is 0.287 e. The van der Waals surface area contributed by atoms with Crippen molar-refractivity contribution in [3.05, 3.63) is 65.7 Å². The highest BCUT2D eigenvalue weighted by Gasteiger charge is 2.47. The highest BCUT2D eigenvalue weighted by atomic mass is 15.8. The molecule has 0 radical (unpaired) electrons. The van der Waals surface area contributed by atoms with Crippen molar-refractivity contribution in [3.8, 4) is 0 Å². The predicted molar refractivity (Wildman–Crippen MR) is 63.9 cm³/mol. The van der Waals surface area contributed by atoms with E-state index in [0.717, 1.165) is 6.67 Å². The molecule has 78 valence electrons. The number of hydrogen-bond acceptors (Lipinski definition) is 2. The fourth-order valence-electron chi connectivity index (χ4n) is 2.65. The van der Waals surface area contributed by atoms with Crippen LogP contribution in [-0.2, 0) is 0 Å². The molecule has 0 saturated carbocycles. The van der Waals surface area contributed by atoms with Gasteiger partial charge in [-0.2, -0.15) is 5.01 Å². The fraction of sp³-hybridized carbons (Fsp3) is 0.143. The van der Waals surface area contributed by atoms with E-state index in [9.17, 15) is 0 Å². The molecule has 16 heavy (non-hydrogen) atoms. The van der Waals surface area contributed by atoms with Gasteiger partial charge < -0.3 is 0 Å². The van der Waals surface area contributed by atoms with Crippen molar-refractivity contribution < 1.29 is 0 Å². The Balaban J connectivity index is 1.87. The minimum absolute atomic E-state index is 0.428. The van der Waals surface area contributed by atoms with Crippen LogP contribution in [0.4, 0.5) is 5.69 Å². The Labute approximate surface area is 94.7 Å². The van der Waals surface area contributed by atoms with E-state index >= 15 is 0 Å². The molecule has 2 aromatic carbocycles. The first-order chi connectivity index (χ1) is 7.95. The highest BCUT2D eigenvalue weighted by molar-refractivity contribution is 5.64. The molecule has 0 bridgehead atoms. The van der Waals surface area contributed by atoms with Gasteiger partial charge in [-0.25, -0.2) is 0 Å².